The van der Waals surface area contributed by atoms with Gasteiger partial charge < -0.3 is 11.1 Å². The van der Waals surface area contributed by atoms with E-state index in [0.717, 1.165) is 12.8 Å². The lowest BCUT2D eigenvalue weighted by Crippen LogP contribution is -2.36. The number of carbonyl (C=O) groups excluding carboxylic acids is 1. The van der Waals surface area contributed by atoms with Gasteiger partial charge in [0.25, 0.3) is 5.91 Å². The van der Waals surface area contributed by atoms with Crippen LogP contribution in [0.25, 0.3) is 0 Å². The van der Waals surface area contributed by atoms with Crippen molar-refractivity contribution in [2.45, 2.75) is 32.2 Å². The van der Waals surface area contributed by atoms with Crippen LogP contribution < -0.4 is 11.1 Å². The Hall–Kier alpha value is -1.29. The number of carbonyl (C=O) groups is 1. The van der Waals surface area contributed by atoms with Crippen molar-refractivity contribution in [1.82, 2.24) is 10.3 Å². The van der Waals surface area contributed by atoms with Crippen LogP contribution in [0, 0.1) is 5.92 Å². The van der Waals surface area contributed by atoms with Crippen molar-refractivity contribution in [2.24, 2.45) is 5.92 Å². The van der Waals surface area contributed by atoms with Gasteiger partial charge in [0.1, 0.15) is 5.82 Å². The average molecular weight is 254 g/mol. The third-order valence-electron chi connectivity index (χ3n) is 3.30. The Morgan fingerprint density at radius 2 is 2.35 bits per heavy atom. The van der Waals surface area contributed by atoms with Gasteiger partial charge in [0.05, 0.1) is 10.6 Å². The first-order chi connectivity index (χ1) is 8.08. The molecule has 2 unspecified atom stereocenters. The Balaban J connectivity index is 2.11. The molecule has 1 aliphatic rings. The topological polar surface area (TPSA) is 68.0 Å². The van der Waals surface area contributed by atoms with Gasteiger partial charge in [-0.3, -0.25) is 4.79 Å². The number of nitrogen functional groups attached to an aromatic ring is 1. The second-order valence-electron chi connectivity index (χ2n) is 4.58. The van der Waals surface area contributed by atoms with Crippen LogP contribution in [0.2, 0.25) is 5.02 Å². The van der Waals surface area contributed by atoms with Gasteiger partial charge in [0.15, 0.2) is 0 Å². The van der Waals surface area contributed by atoms with Crippen molar-refractivity contribution in [2.75, 3.05) is 5.73 Å². The highest BCUT2D eigenvalue weighted by Crippen LogP contribution is 2.25. The molecule has 0 radical (unpaired) electrons. The first-order valence-electron chi connectivity index (χ1n) is 5.80. The number of aromatic nitrogens is 1. The summed E-state index contributed by atoms with van der Waals surface area (Å²) in [6.45, 7) is 2.15. The van der Waals surface area contributed by atoms with E-state index in [2.05, 4.69) is 17.2 Å². The summed E-state index contributed by atoms with van der Waals surface area (Å²) in [4.78, 5) is 15.9. The van der Waals surface area contributed by atoms with E-state index in [0.29, 0.717) is 22.3 Å². The van der Waals surface area contributed by atoms with Crippen LogP contribution in [-0.4, -0.2) is 16.9 Å². The highest BCUT2D eigenvalue weighted by molar-refractivity contribution is 6.33. The van der Waals surface area contributed by atoms with E-state index < -0.39 is 0 Å². The number of pyridine rings is 1. The summed E-state index contributed by atoms with van der Waals surface area (Å²) in [5.74, 6) is 0.666. The molecule has 3 N–H and O–H groups in total. The number of hydrogen-bond donors (Lipinski definition) is 2. The number of amides is 1. The molecular weight excluding hydrogens is 238 g/mol. The zero-order valence-corrected chi connectivity index (χ0v) is 10.5. The SMILES string of the molecule is CC1CCCC1NC(=O)c1cc(N)ncc1Cl. The summed E-state index contributed by atoms with van der Waals surface area (Å²) in [6, 6.07) is 1.75. The van der Waals surface area contributed by atoms with Crippen molar-refractivity contribution >= 4 is 23.3 Å². The highest BCUT2D eigenvalue weighted by atomic mass is 35.5. The number of anilines is 1. The summed E-state index contributed by atoms with van der Waals surface area (Å²) in [7, 11) is 0. The maximum atomic E-state index is 12.0. The molecule has 0 saturated heterocycles. The molecule has 1 aromatic rings. The molecule has 2 atom stereocenters. The molecule has 17 heavy (non-hydrogen) atoms. The maximum Gasteiger partial charge on any atom is 0.253 e. The second-order valence-corrected chi connectivity index (χ2v) is 4.98. The van der Waals surface area contributed by atoms with Crippen LogP contribution >= 0.6 is 11.6 Å². The smallest absolute Gasteiger partial charge is 0.253 e. The third kappa shape index (κ3) is 2.69. The summed E-state index contributed by atoms with van der Waals surface area (Å²) in [5, 5.41) is 3.34. The molecule has 5 heteroatoms. The normalized spacial score (nSPS) is 23.6. The van der Waals surface area contributed by atoms with Crippen molar-refractivity contribution in [3.8, 4) is 0 Å². The Morgan fingerprint density at radius 1 is 1.59 bits per heavy atom. The zero-order chi connectivity index (χ0) is 12.4. The number of nitrogens with one attached hydrogen (secondary N) is 1. The number of nitrogens with two attached hydrogens (primary N) is 1. The Bertz CT molecular complexity index is 436. The zero-order valence-electron chi connectivity index (χ0n) is 9.74. The highest BCUT2D eigenvalue weighted by Gasteiger charge is 2.25. The molecule has 92 valence electrons. The number of hydrogen-bond acceptors (Lipinski definition) is 3. The van der Waals surface area contributed by atoms with Gasteiger partial charge in [-0.25, -0.2) is 4.98 Å². The Kier molecular flexibility index (Phi) is 3.52. The minimum absolute atomic E-state index is 0.164. The minimum atomic E-state index is -0.164. The molecule has 0 aromatic carbocycles. The molecule has 1 fully saturated rings. The number of halogens is 1. The Morgan fingerprint density at radius 3 is 3.00 bits per heavy atom. The van der Waals surface area contributed by atoms with Crippen LogP contribution in [0.5, 0.6) is 0 Å². The number of nitrogens with zero attached hydrogens (tertiary/aromatic N) is 1. The maximum absolute atomic E-state index is 12.0. The summed E-state index contributed by atoms with van der Waals surface area (Å²) < 4.78 is 0. The van der Waals surface area contributed by atoms with Crippen LogP contribution in [0.4, 0.5) is 5.82 Å². The lowest BCUT2D eigenvalue weighted by molar-refractivity contribution is 0.0930. The van der Waals surface area contributed by atoms with E-state index >= 15 is 0 Å². The molecule has 1 saturated carbocycles. The summed E-state index contributed by atoms with van der Waals surface area (Å²) in [6.07, 6.45) is 4.77. The average Bonchev–Trinajstić information content (AvgIpc) is 2.68. The van der Waals surface area contributed by atoms with Crippen molar-refractivity contribution < 1.29 is 4.79 Å². The molecular formula is C12H16ClN3O. The van der Waals surface area contributed by atoms with Gasteiger partial charge in [-0.1, -0.05) is 24.9 Å². The van der Waals surface area contributed by atoms with E-state index in [1.807, 2.05) is 0 Å². The lowest BCUT2D eigenvalue weighted by atomic mass is 10.1. The molecule has 1 aliphatic carbocycles. The standard InChI is InChI=1S/C12H16ClN3O/c1-7-3-2-4-10(7)16-12(17)8-5-11(14)15-6-9(8)13/h5-7,10H,2-4H2,1H3,(H2,14,15)(H,16,17). The fourth-order valence-corrected chi connectivity index (χ4v) is 2.42. The van der Waals surface area contributed by atoms with Gasteiger partial charge in [-0.05, 0) is 24.8 Å². The summed E-state index contributed by atoms with van der Waals surface area (Å²) >= 11 is 5.93. The molecule has 0 bridgehead atoms. The van der Waals surface area contributed by atoms with Crippen LogP contribution in [0.15, 0.2) is 12.3 Å². The molecule has 0 aliphatic heterocycles. The summed E-state index contributed by atoms with van der Waals surface area (Å²) in [5.41, 5.74) is 5.95. The van der Waals surface area contributed by atoms with E-state index in [9.17, 15) is 4.79 Å². The van der Waals surface area contributed by atoms with Gasteiger partial charge in [0.2, 0.25) is 0 Å². The molecule has 2 rings (SSSR count). The predicted molar refractivity (Wildman–Crippen MR) is 67.9 cm³/mol. The van der Waals surface area contributed by atoms with Crippen LogP contribution in [0.3, 0.4) is 0 Å². The van der Waals surface area contributed by atoms with Crippen LogP contribution in [0.1, 0.15) is 36.5 Å². The minimum Gasteiger partial charge on any atom is -0.384 e. The van der Waals surface area contributed by atoms with E-state index in [-0.39, 0.29) is 11.9 Å². The van der Waals surface area contributed by atoms with E-state index in [1.165, 1.54) is 18.7 Å². The molecule has 4 nitrogen and oxygen atoms in total. The molecule has 1 heterocycles. The monoisotopic (exact) mass is 253 g/mol. The van der Waals surface area contributed by atoms with Gasteiger partial charge >= 0.3 is 0 Å². The largest absolute Gasteiger partial charge is 0.384 e. The second kappa shape index (κ2) is 4.92. The molecule has 0 spiro atoms. The van der Waals surface area contributed by atoms with E-state index in [1.54, 1.807) is 0 Å². The fraction of sp³-hybridized carbons (Fsp3) is 0.500. The fourth-order valence-electron chi connectivity index (χ4n) is 2.23. The first-order valence-corrected chi connectivity index (χ1v) is 6.17. The number of rotatable bonds is 2. The van der Waals surface area contributed by atoms with Crippen molar-refractivity contribution in [3.63, 3.8) is 0 Å². The molecule has 1 aromatic heterocycles. The first kappa shape index (κ1) is 12.2. The lowest BCUT2D eigenvalue weighted by Gasteiger charge is -2.17. The van der Waals surface area contributed by atoms with Crippen molar-refractivity contribution in [1.29, 1.82) is 0 Å². The predicted octanol–water partition coefficient (Wildman–Crippen LogP) is 2.24. The van der Waals surface area contributed by atoms with E-state index in [4.69, 9.17) is 17.3 Å². The quantitative estimate of drug-likeness (QED) is 0.849. The third-order valence-corrected chi connectivity index (χ3v) is 3.60. The molecule has 1 amide bonds. The van der Waals surface area contributed by atoms with Crippen LogP contribution in [-0.2, 0) is 0 Å². The van der Waals surface area contributed by atoms with Gasteiger partial charge in [-0.15, -0.1) is 0 Å². The Labute approximate surface area is 106 Å². The van der Waals surface area contributed by atoms with Gasteiger partial charge in [0, 0.05) is 12.2 Å². The van der Waals surface area contributed by atoms with Gasteiger partial charge in [-0.2, -0.15) is 0 Å². The van der Waals surface area contributed by atoms with Crippen molar-refractivity contribution in [3.05, 3.63) is 22.8 Å².